The highest BCUT2D eigenvalue weighted by Gasteiger charge is 2.29. The van der Waals surface area contributed by atoms with Crippen molar-refractivity contribution in [1.82, 2.24) is 9.55 Å². The number of hydrogen-bond acceptors (Lipinski definition) is 3. The maximum absolute atomic E-state index is 12.4. The summed E-state index contributed by atoms with van der Waals surface area (Å²) in [5.74, 6) is 0.707. The largest absolute Gasteiger partial charge is 0.487 e. The van der Waals surface area contributed by atoms with E-state index in [9.17, 15) is 13.2 Å². The van der Waals surface area contributed by atoms with Gasteiger partial charge in [0.15, 0.2) is 5.95 Å². The molecule has 1 aromatic carbocycles. The number of nitrogen functional groups attached to an aromatic ring is 1. The Hall–Kier alpha value is -2.18. The second-order valence-electron chi connectivity index (χ2n) is 3.98. The summed E-state index contributed by atoms with van der Waals surface area (Å²) in [6, 6.07) is 4.52. The molecule has 0 unspecified atom stereocenters. The second kappa shape index (κ2) is 4.83. The fourth-order valence-corrected chi connectivity index (χ4v) is 1.49. The molecule has 0 amide bonds. The Labute approximate surface area is 107 Å². The van der Waals surface area contributed by atoms with Crippen LogP contribution in [0, 0.1) is 0 Å². The summed E-state index contributed by atoms with van der Waals surface area (Å²) >= 11 is 0. The molecule has 0 aliphatic heterocycles. The smallest absolute Gasteiger partial charge is 0.416 e. The minimum absolute atomic E-state index is 0.187. The van der Waals surface area contributed by atoms with Gasteiger partial charge in [0.2, 0.25) is 0 Å². The van der Waals surface area contributed by atoms with Crippen molar-refractivity contribution in [2.24, 2.45) is 7.05 Å². The number of ether oxygens (including phenoxy) is 1. The number of nitrogens with two attached hydrogens (primary N) is 1. The van der Waals surface area contributed by atoms with Gasteiger partial charge in [0.1, 0.15) is 12.4 Å². The number of hydrogen-bond donors (Lipinski definition) is 1. The fourth-order valence-electron chi connectivity index (χ4n) is 1.49. The molecule has 2 rings (SSSR count). The van der Waals surface area contributed by atoms with Crippen molar-refractivity contribution in [2.75, 3.05) is 5.73 Å². The van der Waals surface area contributed by atoms with Gasteiger partial charge in [-0.05, 0) is 24.3 Å². The third-order valence-corrected chi connectivity index (χ3v) is 2.69. The van der Waals surface area contributed by atoms with E-state index in [4.69, 9.17) is 10.5 Å². The predicted octanol–water partition coefficient (Wildman–Crippen LogP) is 2.60. The highest BCUT2D eigenvalue weighted by Crippen LogP contribution is 2.30. The van der Waals surface area contributed by atoms with Crippen molar-refractivity contribution in [3.63, 3.8) is 0 Å². The van der Waals surface area contributed by atoms with E-state index in [-0.39, 0.29) is 6.61 Å². The van der Waals surface area contributed by atoms with Crippen LogP contribution in [0.15, 0.2) is 30.5 Å². The van der Waals surface area contributed by atoms with Gasteiger partial charge >= 0.3 is 6.18 Å². The minimum Gasteiger partial charge on any atom is -0.487 e. The summed E-state index contributed by atoms with van der Waals surface area (Å²) in [5, 5.41) is 0. The Bertz CT molecular complexity index is 561. The van der Waals surface area contributed by atoms with E-state index in [2.05, 4.69) is 4.98 Å². The Morgan fingerprint density at radius 1 is 1.26 bits per heavy atom. The third-order valence-electron chi connectivity index (χ3n) is 2.69. The number of rotatable bonds is 3. The van der Waals surface area contributed by atoms with E-state index in [0.717, 1.165) is 17.8 Å². The number of imidazole rings is 1. The predicted molar refractivity (Wildman–Crippen MR) is 63.4 cm³/mol. The molecule has 0 saturated carbocycles. The second-order valence-corrected chi connectivity index (χ2v) is 3.98. The van der Waals surface area contributed by atoms with Gasteiger partial charge in [-0.25, -0.2) is 4.98 Å². The number of aromatic nitrogens is 2. The number of anilines is 1. The minimum atomic E-state index is -4.34. The summed E-state index contributed by atoms with van der Waals surface area (Å²) in [5.41, 5.74) is 5.58. The Kier molecular flexibility index (Phi) is 3.37. The summed E-state index contributed by atoms with van der Waals surface area (Å²) in [4.78, 5) is 3.89. The number of alkyl halides is 3. The maximum atomic E-state index is 12.4. The van der Waals surface area contributed by atoms with Gasteiger partial charge in [-0.3, -0.25) is 0 Å². The summed E-state index contributed by atoms with van der Waals surface area (Å²) < 4.78 is 44.1. The molecule has 19 heavy (non-hydrogen) atoms. The van der Waals surface area contributed by atoms with Crippen molar-refractivity contribution in [3.05, 3.63) is 41.7 Å². The van der Waals surface area contributed by atoms with Gasteiger partial charge in [-0.2, -0.15) is 13.2 Å². The van der Waals surface area contributed by atoms with Gasteiger partial charge in [-0.15, -0.1) is 0 Å². The molecule has 0 spiro atoms. The van der Waals surface area contributed by atoms with E-state index in [1.165, 1.54) is 12.1 Å². The maximum Gasteiger partial charge on any atom is 0.416 e. The molecule has 0 bridgehead atoms. The Morgan fingerprint density at radius 3 is 2.37 bits per heavy atom. The Morgan fingerprint density at radius 2 is 1.89 bits per heavy atom. The lowest BCUT2D eigenvalue weighted by atomic mass is 10.2. The van der Waals surface area contributed by atoms with Crippen LogP contribution in [0.4, 0.5) is 19.1 Å². The van der Waals surface area contributed by atoms with Crippen LogP contribution in [-0.4, -0.2) is 9.55 Å². The molecule has 1 heterocycles. The van der Waals surface area contributed by atoms with Gasteiger partial charge in [0.05, 0.1) is 17.5 Å². The molecule has 0 fully saturated rings. The van der Waals surface area contributed by atoms with E-state index >= 15 is 0 Å². The first kappa shape index (κ1) is 13.3. The molecule has 0 aliphatic carbocycles. The fraction of sp³-hybridized carbons (Fsp3) is 0.250. The molecule has 102 valence electrons. The van der Waals surface area contributed by atoms with E-state index in [1.54, 1.807) is 17.8 Å². The molecule has 2 aromatic rings. The molecular formula is C12H12F3N3O. The van der Waals surface area contributed by atoms with Crippen molar-refractivity contribution in [2.45, 2.75) is 12.8 Å². The van der Waals surface area contributed by atoms with E-state index in [1.807, 2.05) is 0 Å². The highest BCUT2D eigenvalue weighted by molar-refractivity contribution is 5.29. The molecule has 0 saturated heterocycles. The molecule has 2 N–H and O–H groups in total. The van der Waals surface area contributed by atoms with Crippen molar-refractivity contribution < 1.29 is 17.9 Å². The highest BCUT2D eigenvalue weighted by atomic mass is 19.4. The van der Waals surface area contributed by atoms with Crippen LogP contribution in [-0.2, 0) is 19.8 Å². The van der Waals surface area contributed by atoms with Crippen LogP contribution in [0.2, 0.25) is 0 Å². The molecule has 0 atom stereocenters. The summed E-state index contributed by atoms with van der Waals surface area (Å²) in [7, 11) is 1.73. The van der Waals surface area contributed by atoms with Crippen LogP contribution >= 0.6 is 0 Å². The molecule has 0 radical (unpaired) electrons. The average Bonchev–Trinajstić information content (AvgIpc) is 2.67. The lowest BCUT2D eigenvalue weighted by molar-refractivity contribution is -0.137. The average molecular weight is 271 g/mol. The van der Waals surface area contributed by atoms with Crippen molar-refractivity contribution in [3.8, 4) is 5.75 Å². The van der Waals surface area contributed by atoms with Crippen molar-refractivity contribution >= 4 is 5.95 Å². The number of halogens is 3. The first-order chi connectivity index (χ1) is 8.88. The van der Waals surface area contributed by atoms with Crippen LogP contribution < -0.4 is 10.5 Å². The molecule has 1 aromatic heterocycles. The summed E-state index contributed by atoms with van der Waals surface area (Å²) in [6.07, 6.45) is -2.78. The van der Waals surface area contributed by atoms with Crippen LogP contribution in [0.3, 0.4) is 0 Å². The van der Waals surface area contributed by atoms with E-state index in [0.29, 0.717) is 11.7 Å². The zero-order chi connectivity index (χ0) is 14.0. The number of benzene rings is 1. The van der Waals surface area contributed by atoms with E-state index < -0.39 is 11.7 Å². The molecule has 0 aliphatic rings. The lowest BCUT2D eigenvalue weighted by Crippen LogP contribution is -2.06. The normalized spacial score (nSPS) is 11.6. The topological polar surface area (TPSA) is 53.1 Å². The van der Waals surface area contributed by atoms with Crippen molar-refractivity contribution in [1.29, 1.82) is 0 Å². The lowest BCUT2D eigenvalue weighted by Gasteiger charge is -2.09. The zero-order valence-corrected chi connectivity index (χ0v) is 10.1. The van der Waals surface area contributed by atoms with Crippen LogP contribution in [0.25, 0.3) is 0 Å². The molecular weight excluding hydrogens is 259 g/mol. The zero-order valence-electron chi connectivity index (χ0n) is 10.1. The standard InChI is InChI=1S/C12H12F3N3O/c1-18-9(6-17-11(18)16)7-19-10-4-2-8(3-5-10)12(13,14)15/h2-6H,7H2,1H3,(H2,16,17). The van der Waals surface area contributed by atoms with Gasteiger partial charge in [0.25, 0.3) is 0 Å². The van der Waals surface area contributed by atoms with Gasteiger partial charge < -0.3 is 15.0 Å². The summed E-state index contributed by atoms with van der Waals surface area (Å²) in [6.45, 7) is 0.187. The first-order valence-electron chi connectivity index (χ1n) is 5.44. The number of nitrogens with zero attached hydrogens (tertiary/aromatic N) is 2. The Balaban J connectivity index is 2.03. The van der Waals surface area contributed by atoms with Crippen LogP contribution in [0.1, 0.15) is 11.3 Å². The van der Waals surface area contributed by atoms with Gasteiger partial charge in [0, 0.05) is 7.05 Å². The van der Waals surface area contributed by atoms with Crippen LogP contribution in [0.5, 0.6) is 5.75 Å². The molecule has 4 nitrogen and oxygen atoms in total. The first-order valence-corrected chi connectivity index (χ1v) is 5.44. The van der Waals surface area contributed by atoms with Gasteiger partial charge in [-0.1, -0.05) is 0 Å². The molecule has 7 heteroatoms. The third kappa shape index (κ3) is 2.98. The SMILES string of the molecule is Cn1c(COc2ccc(C(F)(F)F)cc2)cnc1N. The quantitative estimate of drug-likeness (QED) is 0.933. The monoisotopic (exact) mass is 271 g/mol.